The molecular formula is C31H33BrN4O7S. The molecule has 11 nitrogen and oxygen atoms in total. The maximum atomic E-state index is 14.1. The minimum Gasteiger partial charge on any atom is -0.497 e. The van der Waals surface area contributed by atoms with E-state index in [2.05, 4.69) is 31.0 Å². The Labute approximate surface area is 265 Å². The van der Waals surface area contributed by atoms with Crippen LogP contribution in [0.2, 0.25) is 0 Å². The molecule has 1 heterocycles. The Morgan fingerprint density at radius 3 is 2.25 bits per heavy atom. The van der Waals surface area contributed by atoms with Gasteiger partial charge in [0, 0.05) is 33.6 Å². The van der Waals surface area contributed by atoms with Gasteiger partial charge in [-0.25, -0.2) is 13.8 Å². The minimum absolute atomic E-state index is 0.0951. The lowest BCUT2D eigenvalue weighted by molar-refractivity contribution is -0.119. The van der Waals surface area contributed by atoms with Crippen molar-refractivity contribution in [2.45, 2.75) is 18.7 Å². The van der Waals surface area contributed by atoms with E-state index in [1.165, 1.54) is 58.9 Å². The van der Waals surface area contributed by atoms with Crippen molar-refractivity contribution in [2.24, 2.45) is 5.10 Å². The number of para-hydroxylation sites is 1. The number of rotatable bonds is 12. The Morgan fingerprint density at radius 1 is 0.909 bits per heavy atom. The highest BCUT2D eigenvalue weighted by Crippen LogP contribution is 2.37. The molecule has 0 spiro atoms. The second-order valence-corrected chi connectivity index (χ2v) is 12.2. The summed E-state index contributed by atoms with van der Waals surface area (Å²) in [6, 6.07) is 18.6. The molecule has 1 aromatic heterocycles. The molecule has 0 bridgehead atoms. The fraction of sp³-hybridized carbons (Fsp3) is 0.226. The van der Waals surface area contributed by atoms with Gasteiger partial charge in [-0.15, -0.1) is 0 Å². The van der Waals surface area contributed by atoms with Crippen molar-refractivity contribution in [3.63, 3.8) is 0 Å². The molecule has 0 aliphatic heterocycles. The van der Waals surface area contributed by atoms with Gasteiger partial charge in [-0.3, -0.25) is 9.10 Å². The van der Waals surface area contributed by atoms with Gasteiger partial charge in [-0.2, -0.15) is 5.10 Å². The lowest BCUT2D eigenvalue weighted by atomic mass is 10.2. The molecule has 0 unspecified atom stereocenters. The summed E-state index contributed by atoms with van der Waals surface area (Å²) < 4.78 is 53.4. The van der Waals surface area contributed by atoms with E-state index in [1.807, 2.05) is 44.2 Å². The predicted octanol–water partition coefficient (Wildman–Crippen LogP) is 5.24. The number of aromatic nitrogens is 1. The third kappa shape index (κ3) is 6.68. The van der Waals surface area contributed by atoms with Gasteiger partial charge in [0.2, 0.25) is 0 Å². The number of hydrogen-bond acceptors (Lipinski definition) is 8. The number of nitrogens with zero attached hydrogens (tertiary/aromatic N) is 3. The van der Waals surface area contributed by atoms with Crippen LogP contribution in [-0.2, 0) is 14.8 Å². The highest BCUT2D eigenvalue weighted by Gasteiger charge is 2.31. The zero-order valence-electron chi connectivity index (χ0n) is 25.1. The summed E-state index contributed by atoms with van der Waals surface area (Å²) in [6.45, 7) is 3.30. The number of aryl methyl sites for hydroxylation is 1. The van der Waals surface area contributed by atoms with Crippen LogP contribution in [0.5, 0.6) is 23.0 Å². The molecule has 0 saturated heterocycles. The summed E-state index contributed by atoms with van der Waals surface area (Å²) in [7, 11) is 1.36. The van der Waals surface area contributed by atoms with E-state index in [9.17, 15) is 13.2 Å². The SMILES string of the molecule is COc1ccc(OC)c(N(CC(=O)N/N=C\c2cc(C)n(-c3ccccc3Br)c2C)S(=O)(=O)c2ccc(OC)c(OC)c2)c1. The Bertz CT molecular complexity index is 1800. The van der Waals surface area contributed by atoms with Gasteiger partial charge in [0.15, 0.2) is 11.5 Å². The molecule has 232 valence electrons. The third-order valence-corrected chi connectivity index (χ3v) is 9.27. The molecule has 0 aliphatic rings. The zero-order valence-corrected chi connectivity index (χ0v) is 27.5. The normalized spacial score (nSPS) is 11.3. The largest absolute Gasteiger partial charge is 0.497 e. The Morgan fingerprint density at radius 2 is 1.59 bits per heavy atom. The number of hydrazone groups is 1. The molecule has 0 radical (unpaired) electrons. The van der Waals surface area contributed by atoms with Gasteiger partial charge in [-0.1, -0.05) is 12.1 Å². The van der Waals surface area contributed by atoms with E-state index < -0.39 is 22.5 Å². The van der Waals surface area contributed by atoms with Crippen molar-refractivity contribution < 1.29 is 32.2 Å². The summed E-state index contributed by atoms with van der Waals surface area (Å²) in [6.07, 6.45) is 1.52. The monoisotopic (exact) mass is 684 g/mol. The number of benzene rings is 3. The second kappa shape index (κ2) is 13.9. The van der Waals surface area contributed by atoms with Crippen molar-refractivity contribution in [3.05, 3.63) is 88.2 Å². The van der Waals surface area contributed by atoms with Crippen molar-refractivity contribution in [1.29, 1.82) is 0 Å². The van der Waals surface area contributed by atoms with Gasteiger partial charge in [0.25, 0.3) is 15.9 Å². The van der Waals surface area contributed by atoms with E-state index in [4.69, 9.17) is 18.9 Å². The molecule has 0 saturated carbocycles. The van der Waals surface area contributed by atoms with Crippen molar-refractivity contribution in [2.75, 3.05) is 39.3 Å². The van der Waals surface area contributed by atoms with Gasteiger partial charge >= 0.3 is 0 Å². The fourth-order valence-electron chi connectivity index (χ4n) is 4.66. The molecule has 4 rings (SSSR count). The van der Waals surface area contributed by atoms with Crippen LogP contribution in [0.4, 0.5) is 5.69 Å². The molecule has 0 atom stereocenters. The summed E-state index contributed by atoms with van der Waals surface area (Å²) in [4.78, 5) is 13.1. The maximum absolute atomic E-state index is 14.1. The van der Waals surface area contributed by atoms with Gasteiger partial charge < -0.3 is 23.5 Å². The number of ether oxygens (including phenoxy) is 4. The van der Waals surface area contributed by atoms with E-state index in [-0.39, 0.29) is 22.1 Å². The number of sulfonamides is 1. The van der Waals surface area contributed by atoms with E-state index >= 15 is 0 Å². The first kappa shape index (κ1) is 32.4. The summed E-state index contributed by atoms with van der Waals surface area (Å²) in [5.41, 5.74) is 6.18. The molecule has 44 heavy (non-hydrogen) atoms. The van der Waals surface area contributed by atoms with Crippen LogP contribution in [0.25, 0.3) is 5.69 Å². The number of anilines is 1. The Kier molecular flexibility index (Phi) is 10.2. The lowest BCUT2D eigenvalue weighted by Crippen LogP contribution is -2.39. The first-order chi connectivity index (χ1) is 21.0. The van der Waals surface area contributed by atoms with E-state index in [0.29, 0.717) is 11.5 Å². The molecule has 4 aromatic rings. The predicted molar refractivity (Wildman–Crippen MR) is 172 cm³/mol. The molecule has 3 aromatic carbocycles. The first-order valence-corrected chi connectivity index (χ1v) is 15.5. The average molecular weight is 686 g/mol. The number of nitrogens with one attached hydrogen (secondary N) is 1. The smallest absolute Gasteiger partial charge is 0.265 e. The van der Waals surface area contributed by atoms with Crippen molar-refractivity contribution in [1.82, 2.24) is 9.99 Å². The summed E-state index contributed by atoms with van der Waals surface area (Å²) in [5.74, 6) is 0.455. The fourth-order valence-corrected chi connectivity index (χ4v) is 6.56. The van der Waals surface area contributed by atoms with E-state index in [1.54, 1.807) is 12.1 Å². The van der Waals surface area contributed by atoms with Crippen LogP contribution in [0.3, 0.4) is 0 Å². The number of halogens is 1. The lowest BCUT2D eigenvalue weighted by Gasteiger charge is -2.26. The molecular weight excluding hydrogens is 652 g/mol. The van der Waals surface area contributed by atoms with Crippen LogP contribution in [0, 0.1) is 13.8 Å². The van der Waals surface area contributed by atoms with Gasteiger partial charge in [0.05, 0.1) is 50.9 Å². The maximum Gasteiger partial charge on any atom is 0.265 e. The average Bonchev–Trinajstić information content (AvgIpc) is 3.31. The molecule has 13 heteroatoms. The van der Waals surface area contributed by atoms with Gasteiger partial charge in [0.1, 0.15) is 18.0 Å². The molecule has 0 fully saturated rings. The van der Waals surface area contributed by atoms with Crippen LogP contribution >= 0.6 is 15.9 Å². The van der Waals surface area contributed by atoms with Crippen LogP contribution in [0.1, 0.15) is 17.0 Å². The van der Waals surface area contributed by atoms with Crippen LogP contribution in [-0.4, -0.2) is 60.1 Å². The Balaban J connectivity index is 1.66. The van der Waals surface area contributed by atoms with Crippen LogP contribution < -0.4 is 28.7 Å². The second-order valence-electron chi connectivity index (χ2n) is 9.47. The van der Waals surface area contributed by atoms with Crippen molar-refractivity contribution >= 4 is 43.8 Å². The number of carbonyl (C=O) groups is 1. The zero-order chi connectivity index (χ0) is 32.0. The first-order valence-electron chi connectivity index (χ1n) is 13.3. The topological polar surface area (TPSA) is 121 Å². The van der Waals surface area contributed by atoms with Crippen molar-refractivity contribution in [3.8, 4) is 28.7 Å². The highest BCUT2D eigenvalue weighted by molar-refractivity contribution is 9.10. The quantitative estimate of drug-likeness (QED) is 0.160. The number of carbonyl (C=O) groups excluding carboxylic acids is 1. The van der Waals surface area contributed by atoms with Crippen LogP contribution in [0.15, 0.2) is 81.2 Å². The number of hydrogen-bond donors (Lipinski definition) is 1. The molecule has 1 amide bonds. The Hall–Kier alpha value is -4.49. The summed E-state index contributed by atoms with van der Waals surface area (Å²) in [5, 5.41) is 4.14. The standard InChI is InChI=1S/C31H33BrN4O7S/c1-20-15-22(21(2)36(20)26-10-8-7-9-25(26)32)18-33-34-31(37)19-35(27-16-23(40-3)11-13-28(27)41-4)44(38,39)24-12-14-29(42-5)30(17-24)43-6/h7-18H,19H2,1-6H3,(H,34,37)/b33-18-. The summed E-state index contributed by atoms with van der Waals surface area (Å²) >= 11 is 3.60. The molecule has 1 N–H and O–H groups in total. The molecule has 0 aliphatic carbocycles. The number of amides is 1. The third-order valence-electron chi connectivity index (χ3n) is 6.84. The number of methoxy groups -OCH3 is 4. The van der Waals surface area contributed by atoms with Gasteiger partial charge in [-0.05, 0) is 72.2 Å². The van der Waals surface area contributed by atoms with E-state index in [0.717, 1.165) is 31.4 Å². The minimum atomic E-state index is -4.34. The highest BCUT2D eigenvalue weighted by atomic mass is 79.9.